The van der Waals surface area contributed by atoms with Crippen LogP contribution in [0.25, 0.3) is 10.9 Å². The summed E-state index contributed by atoms with van der Waals surface area (Å²) < 4.78 is 3.77. The number of aromatic nitrogens is 2. The molecular weight excluding hydrogens is 272 g/mol. The largest absolute Gasteiger partial charge is 0.350 e. The minimum atomic E-state index is -0.0189. The molecule has 0 saturated carbocycles. The molecule has 0 radical (unpaired) electrons. The van der Waals surface area contributed by atoms with Crippen LogP contribution in [0, 0.1) is 0 Å². The van der Waals surface area contributed by atoms with Crippen LogP contribution in [0.3, 0.4) is 0 Å². The molecule has 3 nitrogen and oxygen atoms in total. The summed E-state index contributed by atoms with van der Waals surface area (Å²) in [5.74, 6) is 0. The summed E-state index contributed by atoms with van der Waals surface area (Å²) in [5, 5.41) is 1.83. The lowest BCUT2D eigenvalue weighted by Crippen LogP contribution is -2.19. The maximum Gasteiger partial charge on any atom is 0.250 e. The minimum Gasteiger partial charge on any atom is -0.350 e. The Hall–Kier alpha value is -2.00. The van der Waals surface area contributed by atoms with E-state index < -0.39 is 0 Å². The van der Waals surface area contributed by atoms with Crippen LogP contribution in [0.5, 0.6) is 0 Å². The molecule has 3 rings (SSSR count). The van der Waals surface area contributed by atoms with E-state index >= 15 is 0 Å². The number of halogens is 1. The quantitative estimate of drug-likeness (QED) is 0.726. The molecule has 102 valence electrons. The summed E-state index contributed by atoms with van der Waals surface area (Å²) in [6.45, 7) is 0.632. The van der Waals surface area contributed by atoms with Crippen molar-refractivity contribution in [2.75, 3.05) is 0 Å². The topological polar surface area (TPSA) is 26.9 Å². The first-order chi connectivity index (χ1) is 9.65. The van der Waals surface area contributed by atoms with Crippen LogP contribution >= 0.6 is 11.6 Å². The van der Waals surface area contributed by atoms with Crippen molar-refractivity contribution in [3.05, 3.63) is 69.7 Å². The predicted octanol–water partition coefficient (Wildman–Crippen LogP) is 3.24. The van der Waals surface area contributed by atoms with Crippen LogP contribution in [0.1, 0.15) is 5.56 Å². The summed E-state index contributed by atoms with van der Waals surface area (Å²) in [6.07, 6.45) is 4.62. The highest BCUT2D eigenvalue weighted by Crippen LogP contribution is 2.21. The van der Waals surface area contributed by atoms with Gasteiger partial charge in [0.05, 0.1) is 5.02 Å². The van der Waals surface area contributed by atoms with Gasteiger partial charge in [-0.3, -0.25) is 4.79 Å². The van der Waals surface area contributed by atoms with E-state index in [2.05, 4.69) is 22.9 Å². The van der Waals surface area contributed by atoms with Gasteiger partial charge < -0.3 is 9.13 Å². The van der Waals surface area contributed by atoms with Crippen molar-refractivity contribution >= 4 is 22.5 Å². The number of pyridine rings is 1. The van der Waals surface area contributed by atoms with E-state index in [1.165, 1.54) is 22.5 Å². The first-order valence-corrected chi connectivity index (χ1v) is 6.92. The number of nitrogens with zero attached hydrogens (tertiary/aromatic N) is 2. The first kappa shape index (κ1) is 13.0. The van der Waals surface area contributed by atoms with Gasteiger partial charge in [0.15, 0.2) is 0 Å². The van der Waals surface area contributed by atoms with Crippen molar-refractivity contribution in [3.8, 4) is 0 Å². The third kappa shape index (κ3) is 2.37. The Morgan fingerprint density at radius 2 is 1.90 bits per heavy atom. The lowest BCUT2D eigenvalue weighted by Gasteiger charge is -2.05. The van der Waals surface area contributed by atoms with Crippen LogP contribution in [0.15, 0.2) is 53.6 Å². The molecule has 0 bridgehead atoms. The third-order valence-electron chi connectivity index (χ3n) is 3.55. The fourth-order valence-electron chi connectivity index (χ4n) is 2.54. The van der Waals surface area contributed by atoms with Crippen LogP contribution in [-0.2, 0) is 20.0 Å². The molecule has 1 aromatic carbocycles. The Kier molecular flexibility index (Phi) is 3.36. The highest BCUT2D eigenvalue weighted by Gasteiger charge is 2.06. The third-order valence-corrected chi connectivity index (χ3v) is 3.77. The van der Waals surface area contributed by atoms with E-state index in [-0.39, 0.29) is 5.56 Å². The molecule has 20 heavy (non-hydrogen) atoms. The molecule has 0 aliphatic heterocycles. The van der Waals surface area contributed by atoms with Gasteiger partial charge in [-0.15, -0.1) is 0 Å². The summed E-state index contributed by atoms with van der Waals surface area (Å²) in [7, 11) is 2.04. The van der Waals surface area contributed by atoms with Crippen LogP contribution < -0.4 is 5.56 Å². The van der Waals surface area contributed by atoms with Gasteiger partial charge in [-0.1, -0.05) is 29.8 Å². The molecule has 2 heterocycles. The Morgan fingerprint density at radius 1 is 1.10 bits per heavy atom. The van der Waals surface area contributed by atoms with E-state index in [9.17, 15) is 4.79 Å². The molecule has 0 aliphatic rings. The zero-order valence-corrected chi connectivity index (χ0v) is 12.0. The molecule has 0 saturated heterocycles. The fourth-order valence-corrected chi connectivity index (χ4v) is 2.72. The van der Waals surface area contributed by atoms with E-state index in [1.54, 1.807) is 16.8 Å². The summed E-state index contributed by atoms with van der Waals surface area (Å²) in [4.78, 5) is 11.8. The maximum absolute atomic E-state index is 11.8. The van der Waals surface area contributed by atoms with Gasteiger partial charge in [0.25, 0.3) is 5.56 Å². The molecular formula is C16H15ClN2O. The smallest absolute Gasteiger partial charge is 0.250 e. The zero-order valence-electron chi connectivity index (χ0n) is 11.2. The molecule has 0 atom stereocenters. The van der Waals surface area contributed by atoms with Crippen molar-refractivity contribution in [1.82, 2.24) is 9.13 Å². The monoisotopic (exact) mass is 286 g/mol. The fraction of sp³-hybridized carbons (Fsp3) is 0.188. The van der Waals surface area contributed by atoms with Gasteiger partial charge in [-0.25, -0.2) is 0 Å². The highest BCUT2D eigenvalue weighted by atomic mass is 35.5. The van der Waals surface area contributed by atoms with Crippen molar-refractivity contribution < 1.29 is 0 Å². The maximum atomic E-state index is 11.8. The van der Waals surface area contributed by atoms with Gasteiger partial charge in [0.2, 0.25) is 0 Å². The molecule has 0 unspecified atom stereocenters. The van der Waals surface area contributed by atoms with Gasteiger partial charge >= 0.3 is 0 Å². The zero-order chi connectivity index (χ0) is 14.1. The van der Waals surface area contributed by atoms with Crippen molar-refractivity contribution in [2.24, 2.45) is 7.05 Å². The molecule has 0 aliphatic carbocycles. The SMILES string of the molecule is Cn1cc(CCn2cc(Cl)ccc2=O)c2ccccc21. The number of benzene rings is 1. The van der Waals surface area contributed by atoms with Crippen molar-refractivity contribution in [2.45, 2.75) is 13.0 Å². The molecule has 3 aromatic rings. The normalized spacial score (nSPS) is 11.1. The average Bonchev–Trinajstić information content (AvgIpc) is 2.77. The second kappa shape index (κ2) is 5.17. The van der Waals surface area contributed by atoms with Crippen LogP contribution in [0.2, 0.25) is 5.02 Å². The van der Waals surface area contributed by atoms with Crippen molar-refractivity contribution in [3.63, 3.8) is 0 Å². The summed E-state index contributed by atoms with van der Waals surface area (Å²) >= 11 is 5.93. The number of para-hydroxylation sites is 1. The Balaban J connectivity index is 1.91. The highest BCUT2D eigenvalue weighted by molar-refractivity contribution is 6.30. The average molecular weight is 287 g/mol. The standard InChI is InChI=1S/C16H15ClN2O/c1-18-10-12(14-4-2-3-5-15(14)18)8-9-19-11-13(17)6-7-16(19)20/h2-7,10-11H,8-9H2,1H3. The summed E-state index contributed by atoms with van der Waals surface area (Å²) in [6, 6.07) is 11.4. The Bertz CT molecular complexity index is 817. The number of hydrogen-bond acceptors (Lipinski definition) is 1. The second-order valence-electron chi connectivity index (χ2n) is 4.91. The molecule has 0 spiro atoms. The summed E-state index contributed by atoms with van der Waals surface area (Å²) in [5.41, 5.74) is 2.44. The van der Waals surface area contributed by atoms with E-state index in [1.807, 2.05) is 19.2 Å². The molecule has 4 heteroatoms. The number of hydrogen-bond donors (Lipinski definition) is 0. The van der Waals surface area contributed by atoms with Gasteiger partial charge in [-0.2, -0.15) is 0 Å². The predicted molar refractivity (Wildman–Crippen MR) is 82.3 cm³/mol. The van der Waals surface area contributed by atoms with Gasteiger partial charge in [-0.05, 0) is 24.1 Å². The number of fused-ring (bicyclic) bond motifs is 1. The van der Waals surface area contributed by atoms with Crippen molar-refractivity contribution in [1.29, 1.82) is 0 Å². The van der Waals surface area contributed by atoms with Crippen LogP contribution in [0.4, 0.5) is 0 Å². The minimum absolute atomic E-state index is 0.0189. The number of rotatable bonds is 3. The second-order valence-corrected chi connectivity index (χ2v) is 5.35. The number of aryl methyl sites for hydroxylation is 3. The Morgan fingerprint density at radius 3 is 2.75 bits per heavy atom. The van der Waals surface area contributed by atoms with Gasteiger partial charge in [0.1, 0.15) is 0 Å². The van der Waals surface area contributed by atoms with Gasteiger partial charge in [0, 0.05) is 43.0 Å². The van der Waals surface area contributed by atoms with E-state index in [0.29, 0.717) is 11.6 Å². The molecule has 0 fully saturated rings. The lowest BCUT2D eigenvalue weighted by atomic mass is 10.1. The lowest BCUT2D eigenvalue weighted by molar-refractivity contribution is 0.670. The van der Waals surface area contributed by atoms with E-state index in [0.717, 1.165) is 6.42 Å². The molecule has 0 N–H and O–H groups in total. The molecule has 0 amide bonds. The molecule has 2 aromatic heterocycles. The van der Waals surface area contributed by atoms with Crippen LogP contribution in [-0.4, -0.2) is 9.13 Å². The van der Waals surface area contributed by atoms with E-state index in [4.69, 9.17) is 11.6 Å². The Labute approximate surface area is 122 Å². The first-order valence-electron chi connectivity index (χ1n) is 6.54.